The van der Waals surface area contributed by atoms with Gasteiger partial charge in [-0.05, 0) is 132 Å². The van der Waals surface area contributed by atoms with E-state index in [1.165, 1.54) is 61.2 Å². The van der Waals surface area contributed by atoms with Crippen molar-refractivity contribution in [2.24, 2.45) is 0 Å². The molecule has 2 nitrogen and oxygen atoms in total. The fourth-order valence-electron chi connectivity index (χ4n) is 11.0. The summed E-state index contributed by atoms with van der Waals surface area (Å²) in [7, 11) is 0. The second-order valence-electron chi connectivity index (χ2n) is 18.0. The van der Waals surface area contributed by atoms with E-state index < -0.39 is 5.41 Å². The van der Waals surface area contributed by atoms with Crippen LogP contribution >= 0.6 is 0 Å². The maximum Gasteiger partial charge on any atom is 0.136 e. The molecule has 0 unspecified atom stereocenters. The monoisotopic (exact) mass is 879 g/mol. The Morgan fingerprint density at radius 3 is 1.41 bits per heavy atom. The number of rotatable bonds is 9. The molecular weight excluding hydrogens is 835 g/mol. The maximum absolute atomic E-state index is 6.30. The first-order chi connectivity index (χ1) is 34.2. The fraction of sp³-hybridized carbons (Fsp3) is 0.0149. The van der Waals surface area contributed by atoms with Gasteiger partial charge >= 0.3 is 0 Å². The molecule has 1 aliphatic rings. The van der Waals surface area contributed by atoms with E-state index >= 15 is 0 Å². The molecule has 1 aliphatic carbocycles. The molecule has 0 bridgehead atoms. The zero-order chi connectivity index (χ0) is 45.7. The Labute approximate surface area is 402 Å². The van der Waals surface area contributed by atoms with Gasteiger partial charge in [0.25, 0.3) is 0 Å². The topological polar surface area (TPSA) is 16.4 Å². The van der Waals surface area contributed by atoms with Crippen LogP contribution in [0.15, 0.2) is 277 Å². The number of para-hydroxylation sites is 1. The van der Waals surface area contributed by atoms with E-state index in [2.05, 4.69) is 266 Å². The average molecular weight is 880 g/mol. The van der Waals surface area contributed by atoms with Crippen molar-refractivity contribution in [2.45, 2.75) is 5.41 Å². The highest BCUT2D eigenvalue weighted by Gasteiger charge is 2.46. The van der Waals surface area contributed by atoms with Crippen LogP contribution in [0.3, 0.4) is 0 Å². The van der Waals surface area contributed by atoms with Crippen molar-refractivity contribution < 1.29 is 4.42 Å². The highest BCUT2D eigenvalue weighted by atomic mass is 16.3. The summed E-state index contributed by atoms with van der Waals surface area (Å²) in [6.07, 6.45) is 0. The summed E-state index contributed by atoms with van der Waals surface area (Å²) in [4.78, 5) is 2.38. The first kappa shape index (κ1) is 40.3. The predicted octanol–water partition coefficient (Wildman–Crippen LogP) is 18.1. The van der Waals surface area contributed by atoms with Crippen LogP contribution in [0.2, 0.25) is 0 Å². The van der Waals surface area contributed by atoms with Gasteiger partial charge < -0.3 is 9.32 Å². The Hall–Kier alpha value is -8.98. The van der Waals surface area contributed by atoms with Crippen LogP contribution in [0.5, 0.6) is 0 Å². The molecule has 11 aromatic carbocycles. The first-order valence-electron chi connectivity index (χ1n) is 23.7. The molecule has 0 saturated carbocycles. The van der Waals surface area contributed by atoms with E-state index in [1.807, 2.05) is 12.1 Å². The van der Waals surface area contributed by atoms with E-state index in [0.717, 1.165) is 55.7 Å². The SMILES string of the molecule is c1ccc(-c2ccc(-c3ccc(N(c4ccc(-c5ccc6c(c5)oc5ccccc56)cc4)c4cccc(-c5cccc6c5-c5ccccc5C6(c5ccccc5)c5ccccc5)c4)cc3)cc2)cc1. The minimum atomic E-state index is -0.478. The maximum atomic E-state index is 6.30. The normalized spacial score (nSPS) is 12.5. The fourth-order valence-corrected chi connectivity index (χ4v) is 11.0. The number of hydrogen-bond acceptors (Lipinski definition) is 2. The van der Waals surface area contributed by atoms with Crippen LogP contribution < -0.4 is 4.90 Å². The van der Waals surface area contributed by atoms with E-state index in [1.54, 1.807) is 0 Å². The van der Waals surface area contributed by atoms with Crippen molar-refractivity contribution in [1.82, 2.24) is 0 Å². The average Bonchev–Trinajstić information content (AvgIpc) is 3.96. The number of benzene rings is 11. The number of fused-ring (bicyclic) bond motifs is 6. The van der Waals surface area contributed by atoms with Gasteiger partial charge in [0.15, 0.2) is 0 Å². The molecular formula is C67H45NO. The molecule has 0 radical (unpaired) electrons. The molecule has 1 heterocycles. The smallest absolute Gasteiger partial charge is 0.136 e. The number of anilines is 3. The summed E-state index contributed by atoms with van der Waals surface area (Å²) < 4.78 is 6.30. The third-order valence-electron chi connectivity index (χ3n) is 14.2. The Morgan fingerprint density at radius 1 is 0.275 bits per heavy atom. The lowest BCUT2D eigenvalue weighted by atomic mass is 9.67. The Bertz CT molecular complexity index is 3760. The van der Waals surface area contributed by atoms with Crippen molar-refractivity contribution >= 4 is 39.0 Å². The number of nitrogens with zero attached hydrogens (tertiary/aromatic N) is 1. The van der Waals surface area contributed by atoms with E-state index in [4.69, 9.17) is 4.42 Å². The lowest BCUT2D eigenvalue weighted by Gasteiger charge is -2.34. The predicted molar refractivity (Wildman–Crippen MR) is 287 cm³/mol. The minimum absolute atomic E-state index is 0.478. The molecule has 0 spiro atoms. The van der Waals surface area contributed by atoms with Crippen molar-refractivity contribution in [3.05, 3.63) is 295 Å². The molecule has 0 N–H and O–H groups in total. The highest BCUT2D eigenvalue weighted by molar-refractivity contribution is 6.06. The van der Waals surface area contributed by atoms with Gasteiger partial charge in [-0.25, -0.2) is 0 Å². The van der Waals surface area contributed by atoms with Crippen LogP contribution in [0.4, 0.5) is 17.1 Å². The lowest BCUT2D eigenvalue weighted by molar-refractivity contribution is 0.669. The van der Waals surface area contributed by atoms with E-state index in [9.17, 15) is 0 Å². The molecule has 0 fully saturated rings. The molecule has 0 atom stereocenters. The number of hydrogen-bond donors (Lipinski definition) is 0. The van der Waals surface area contributed by atoms with Gasteiger partial charge in [0, 0.05) is 27.8 Å². The molecule has 2 heteroatoms. The molecule has 69 heavy (non-hydrogen) atoms. The van der Waals surface area contributed by atoms with Gasteiger partial charge in [-0.1, -0.05) is 218 Å². The van der Waals surface area contributed by atoms with Crippen LogP contribution in [-0.4, -0.2) is 0 Å². The summed E-state index contributed by atoms with van der Waals surface area (Å²) in [5.41, 5.74) is 21.6. The zero-order valence-electron chi connectivity index (χ0n) is 37.8. The molecule has 0 amide bonds. The van der Waals surface area contributed by atoms with Crippen molar-refractivity contribution in [3.8, 4) is 55.6 Å². The third-order valence-corrected chi connectivity index (χ3v) is 14.2. The quantitative estimate of drug-likeness (QED) is 0.144. The van der Waals surface area contributed by atoms with Gasteiger partial charge in [-0.3, -0.25) is 0 Å². The second-order valence-corrected chi connectivity index (χ2v) is 18.0. The molecule has 324 valence electrons. The summed E-state index contributed by atoms with van der Waals surface area (Å²) in [5.74, 6) is 0. The van der Waals surface area contributed by atoms with Crippen molar-refractivity contribution in [3.63, 3.8) is 0 Å². The summed E-state index contributed by atoms with van der Waals surface area (Å²) in [6, 6.07) is 99.2. The molecule has 1 aromatic heterocycles. The molecule has 13 rings (SSSR count). The Balaban J connectivity index is 0.928. The summed E-state index contributed by atoms with van der Waals surface area (Å²) in [6.45, 7) is 0. The lowest BCUT2D eigenvalue weighted by Crippen LogP contribution is -2.28. The Kier molecular flexibility index (Phi) is 9.77. The summed E-state index contributed by atoms with van der Waals surface area (Å²) in [5, 5.41) is 2.27. The zero-order valence-corrected chi connectivity index (χ0v) is 37.8. The van der Waals surface area contributed by atoms with Crippen LogP contribution in [0.1, 0.15) is 22.3 Å². The van der Waals surface area contributed by atoms with Crippen molar-refractivity contribution in [1.29, 1.82) is 0 Å². The Morgan fingerprint density at radius 2 is 0.739 bits per heavy atom. The minimum Gasteiger partial charge on any atom is -0.456 e. The molecule has 0 aliphatic heterocycles. The third kappa shape index (κ3) is 6.80. The van der Waals surface area contributed by atoms with Crippen LogP contribution in [0, 0.1) is 0 Å². The first-order valence-corrected chi connectivity index (χ1v) is 23.7. The standard InChI is InChI=1S/C67H45NO/c1-4-16-46(17-5-1)47-30-32-48(33-31-47)49-34-39-55(40-35-49)68(56-41-36-50(37-42-56)51-38-43-60-59-24-11-13-29-64(59)69-65(60)45-51)57-23-14-18-52(44-57)58-26-15-28-63-66(58)61-25-10-12-27-62(61)67(63,53-19-6-2-7-20-53)54-21-8-3-9-22-54/h1-45H. The van der Waals surface area contributed by atoms with E-state index in [-0.39, 0.29) is 0 Å². The van der Waals surface area contributed by atoms with Gasteiger partial charge in [0.05, 0.1) is 5.41 Å². The molecule has 0 saturated heterocycles. The van der Waals surface area contributed by atoms with Gasteiger partial charge in [-0.15, -0.1) is 0 Å². The van der Waals surface area contributed by atoms with E-state index in [0.29, 0.717) is 0 Å². The van der Waals surface area contributed by atoms with Crippen molar-refractivity contribution in [2.75, 3.05) is 4.90 Å². The highest BCUT2D eigenvalue weighted by Crippen LogP contribution is 2.58. The van der Waals surface area contributed by atoms with Crippen LogP contribution in [0.25, 0.3) is 77.6 Å². The number of furan rings is 1. The second kappa shape index (κ2) is 16.7. The largest absolute Gasteiger partial charge is 0.456 e. The van der Waals surface area contributed by atoms with Gasteiger partial charge in [0.1, 0.15) is 11.2 Å². The molecule has 12 aromatic rings. The van der Waals surface area contributed by atoms with Crippen LogP contribution in [-0.2, 0) is 5.41 Å². The summed E-state index contributed by atoms with van der Waals surface area (Å²) >= 11 is 0. The van der Waals surface area contributed by atoms with Gasteiger partial charge in [0.2, 0.25) is 0 Å². The van der Waals surface area contributed by atoms with Gasteiger partial charge in [-0.2, -0.15) is 0 Å².